The van der Waals surface area contributed by atoms with Crippen molar-refractivity contribution in [3.63, 3.8) is 0 Å². The number of aromatic nitrogens is 1. The van der Waals surface area contributed by atoms with Gasteiger partial charge in [-0.05, 0) is 18.6 Å². The summed E-state index contributed by atoms with van der Waals surface area (Å²) in [7, 11) is 0. The Labute approximate surface area is 103 Å². The minimum Gasteiger partial charge on any atom is -0.240 e. The molecule has 0 saturated carbocycles. The van der Waals surface area contributed by atoms with Crippen molar-refractivity contribution in [3.8, 4) is 16.6 Å². The largest absolute Gasteiger partial charge is 0.240 e. The predicted octanol–water partition coefficient (Wildman–Crippen LogP) is 3.97. The van der Waals surface area contributed by atoms with E-state index in [0.29, 0.717) is 10.6 Å². The molecule has 1 aromatic carbocycles. The summed E-state index contributed by atoms with van der Waals surface area (Å²) in [6.07, 6.45) is 0.719. The summed E-state index contributed by atoms with van der Waals surface area (Å²) in [4.78, 5) is 4.34. The van der Waals surface area contributed by atoms with Crippen LogP contribution in [0.15, 0.2) is 29.6 Å². The van der Waals surface area contributed by atoms with Crippen LogP contribution in [0, 0.1) is 17.1 Å². The van der Waals surface area contributed by atoms with Gasteiger partial charge in [0, 0.05) is 10.9 Å². The minimum atomic E-state index is -0.279. The molecule has 2 rings (SSSR count). The predicted molar refractivity (Wildman–Crippen MR) is 66.2 cm³/mol. The Hall–Kier alpha value is -1.73. The number of nitriles is 1. The van der Waals surface area contributed by atoms with Crippen LogP contribution in [0.2, 0.25) is 0 Å². The van der Waals surface area contributed by atoms with Gasteiger partial charge in [0.15, 0.2) is 0 Å². The van der Waals surface area contributed by atoms with Crippen molar-refractivity contribution in [2.45, 2.75) is 19.3 Å². The van der Waals surface area contributed by atoms with E-state index >= 15 is 0 Å². The number of benzene rings is 1. The SMILES string of the molecule is CCC(C#N)c1csc(-c2ccccc2F)n1. The van der Waals surface area contributed by atoms with Crippen molar-refractivity contribution >= 4 is 11.3 Å². The molecule has 1 unspecified atom stereocenters. The summed E-state index contributed by atoms with van der Waals surface area (Å²) in [5, 5.41) is 11.4. The van der Waals surface area contributed by atoms with Crippen LogP contribution in [0.25, 0.3) is 10.6 Å². The van der Waals surface area contributed by atoms with E-state index in [4.69, 9.17) is 5.26 Å². The molecular weight excluding hydrogens is 235 g/mol. The lowest BCUT2D eigenvalue weighted by Crippen LogP contribution is -1.93. The first-order chi connectivity index (χ1) is 8.26. The lowest BCUT2D eigenvalue weighted by atomic mass is 10.1. The van der Waals surface area contributed by atoms with Gasteiger partial charge in [-0.2, -0.15) is 5.26 Å². The Morgan fingerprint density at radius 3 is 2.88 bits per heavy atom. The molecule has 1 atom stereocenters. The topological polar surface area (TPSA) is 36.7 Å². The lowest BCUT2D eigenvalue weighted by molar-refractivity contribution is 0.631. The van der Waals surface area contributed by atoms with E-state index in [0.717, 1.165) is 12.1 Å². The highest BCUT2D eigenvalue weighted by Gasteiger charge is 2.14. The van der Waals surface area contributed by atoms with Crippen LogP contribution in [0.4, 0.5) is 4.39 Å². The van der Waals surface area contributed by atoms with E-state index in [-0.39, 0.29) is 11.7 Å². The van der Waals surface area contributed by atoms with Gasteiger partial charge >= 0.3 is 0 Å². The Balaban J connectivity index is 2.37. The van der Waals surface area contributed by atoms with Crippen LogP contribution in [0.5, 0.6) is 0 Å². The van der Waals surface area contributed by atoms with Gasteiger partial charge in [0.2, 0.25) is 0 Å². The average Bonchev–Trinajstić information content (AvgIpc) is 2.81. The minimum absolute atomic E-state index is 0.202. The number of nitrogens with zero attached hydrogens (tertiary/aromatic N) is 2. The molecule has 1 aromatic heterocycles. The van der Waals surface area contributed by atoms with Crippen molar-refractivity contribution in [2.24, 2.45) is 0 Å². The smallest absolute Gasteiger partial charge is 0.133 e. The molecule has 86 valence electrons. The fourth-order valence-corrected chi connectivity index (χ4v) is 2.47. The number of thiazole rings is 1. The molecule has 0 radical (unpaired) electrons. The standard InChI is InChI=1S/C13H11FN2S/c1-2-9(7-15)12-8-17-13(16-12)10-5-3-4-6-11(10)14/h3-6,8-9H,2H2,1H3. The second-order valence-corrected chi connectivity index (χ2v) is 4.51. The molecule has 0 bridgehead atoms. The summed E-state index contributed by atoms with van der Waals surface area (Å²) >= 11 is 1.37. The summed E-state index contributed by atoms with van der Waals surface area (Å²) in [6, 6.07) is 8.74. The zero-order chi connectivity index (χ0) is 12.3. The Kier molecular flexibility index (Phi) is 3.50. The highest BCUT2D eigenvalue weighted by atomic mass is 32.1. The zero-order valence-electron chi connectivity index (χ0n) is 9.35. The first kappa shape index (κ1) is 11.7. The third-order valence-corrected chi connectivity index (χ3v) is 3.44. The molecule has 2 aromatic rings. The lowest BCUT2D eigenvalue weighted by Gasteiger charge is -2.00. The Bertz CT molecular complexity index is 557. The van der Waals surface area contributed by atoms with Crippen molar-refractivity contribution in [1.82, 2.24) is 4.98 Å². The van der Waals surface area contributed by atoms with E-state index in [9.17, 15) is 4.39 Å². The van der Waals surface area contributed by atoms with Crippen LogP contribution in [-0.2, 0) is 0 Å². The van der Waals surface area contributed by atoms with E-state index in [1.54, 1.807) is 18.2 Å². The molecule has 0 aliphatic rings. The number of rotatable bonds is 3. The molecule has 17 heavy (non-hydrogen) atoms. The maximum atomic E-state index is 13.6. The van der Waals surface area contributed by atoms with Crippen LogP contribution >= 0.6 is 11.3 Å². The fourth-order valence-electron chi connectivity index (χ4n) is 1.57. The summed E-state index contributed by atoms with van der Waals surface area (Å²) in [5.74, 6) is -0.481. The highest BCUT2D eigenvalue weighted by Crippen LogP contribution is 2.29. The second-order valence-electron chi connectivity index (χ2n) is 3.65. The third-order valence-electron chi connectivity index (χ3n) is 2.55. The van der Waals surface area contributed by atoms with Gasteiger partial charge in [0.1, 0.15) is 10.8 Å². The molecule has 2 nitrogen and oxygen atoms in total. The van der Waals surface area contributed by atoms with Crippen molar-refractivity contribution in [2.75, 3.05) is 0 Å². The van der Waals surface area contributed by atoms with Gasteiger partial charge in [0.25, 0.3) is 0 Å². The maximum absolute atomic E-state index is 13.6. The van der Waals surface area contributed by atoms with Crippen molar-refractivity contribution in [1.29, 1.82) is 5.26 Å². The normalized spacial score (nSPS) is 12.1. The summed E-state index contributed by atoms with van der Waals surface area (Å²) in [6.45, 7) is 1.94. The van der Waals surface area contributed by atoms with Crippen LogP contribution < -0.4 is 0 Å². The molecule has 0 amide bonds. The summed E-state index contributed by atoms with van der Waals surface area (Å²) in [5.41, 5.74) is 1.23. The first-order valence-electron chi connectivity index (χ1n) is 5.36. The molecular formula is C13H11FN2S. The quantitative estimate of drug-likeness (QED) is 0.821. The third kappa shape index (κ3) is 2.34. The van der Waals surface area contributed by atoms with Gasteiger partial charge in [0.05, 0.1) is 17.7 Å². The fraction of sp³-hybridized carbons (Fsp3) is 0.231. The number of hydrogen-bond donors (Lipinski definition) is 0. The summed E-state index contributed by atoms with van der Waals surface area (Å²) < 4.78 is 13.6. The first-order valence-corrected chi connectivity index (χ1v) is 6.24. The van der Waals surface area contributed by atoms with Crippen LogP contribution in [-0.4, -0.2) is 4.98 Å². The van der Waals surface area contributed by atoms with Gasteiger partial charge < -0.3 is 0 Å². The van der Waals surface area contributed by atoms with Gasteiger partial charge in [-0.1, -0.05) is 19.1 Å². The van der Waals surface area contributed by atoms with E-state index in [1.165, 1.54) is 17.4 Å². The Morgan fingerprint density at radius 1 is 1.47 bits per heavy atom. The number of hydrogen-bond acceptors (Lipinski definition) is 3. The van der Waals surface area contributed by atoms with Crippen molar-refractivity contribution < 1.29 is 4.39 Å². The maximum Gasteiger partial charge on any atom is 0.133 e. The van der Waals surface area contributed by atoms with E-state index in [2.05, 4.69) is 11.1 Å². The van der Waals surface area contributed by atoms with Gasteiger partial charge in [-0.15, -0.1) is 11.3 Å². The molecule has 4 heteroatoms. The number of halogens is 1. The zero-order valence-corrected chi connectivity index (χ0v) is 10.2. The monoisotopic (exact) mass is 246 g/mol. The van der Waals surface area contributed by atoms with Gasteiger partial charge in [-0.3, -0.25) is 0 Å². The van der Waals surface area contributed by atoms with Gasteiger partial charge in [-0.25, -0.2) is 9.37 Å². The molecule has 0 fully saturated rings. The Morgan fingerprint density at radius 2 is 2.24 bits per heavy atom. The van der Waals surface area contributed by atoms with E-state index < -0.39 is 0 Å². The van der Waals surface area contributed by atoms with Crippen molar-refractivity contribution in [3.05, 3.63) is 41.2 Å². The molecule has 0 N–H and O–H groups in total. The van der Waals surface area contributed by atoms with Crippen LogP contribution in [0.1, 0.15) is 25.0 Å². The second kappa shape index (κ2) is 5.07. The molecule has 1 heterocycles. The molecule has 0 spiro atoms. The average molecular weight is 246 g/mol. The highest BCUT2D eigenvalue weighted by molar-refractivity contribution is 7.13. The molecule has 0 aliphatic carbocycles. The molecule has 0 aliphatic heterocycles. The molecule has 0 saturated heterocycles. The van der Waals surface area contributed by atoms with E-state index in [1.807, 2.05) is 12.3 Å². The van der Waals surface area contributed by atoms with Crippen LogP contribution in [0.3, 0.4) is 0 Å².